The average Bonchev–Trinajstić information content (AvgIpc) is 3.12. The first-order valence-corrected chi connectivity index (χ1v) is 9.58. The molecule has 5 heteroatoms. The van der Waals surface area contributed by atoms with Crippen LogP contribution in [0.25, 0.3) is 0 Å². The third kappa shape index (κ3) is 3.78. The maximum Gasteiger partial charge on any atom is 0.317 e. The summed E-state index contributed by atoms with van der Waals surface area (Å²) in [6.45, 7) is 6.48. The van der Waals surface area contributed by atoms with Crippen molar-refractivity contribution < 1.29 is 9.21 Å². The van der Waals surface area contributed by atoms with Gasteiger partial charge >= 0.3 is 6.03 Å². The number of hydrogen-bond acceptors (Lipinski definition) is 3. The van der Waals surface area contributed by atoms with Crippen molar-refractivity contribution in [1.82, 2.24) is 15.1 Å². The van der Waals surface area contributed by atoms with Gasteiger partial charge in [-0.1, -0.05) is 29.8 Å². The lowest BCUT2D eigenvalue weighted by molar-refractivity contribution is 0.132. The predicted octanol–water partition coefficient (Wildman–Crippen LogP) is 3.49. The highest BCUT2D eigenvalue weighted by Crippen LogP contribution is 2.30. The van der Waals surface area contributed by atoms with Gasteiger partial charge in [-0.05, 0) is 31.4 Å². The summed E-state index contributed by atoms with van der Waals surface area (Å²) in [7, 11) is 0. The Kier molecular flexibility index (Phi) is 4.98. The summed E-state index contributed by atoms with van der Waals surface area (Å²) < 4.78 is 5.52. The number of furan rings is 1. The Bertz CT molecular complexity index is 762. The molecule has 138 valence electrons. The molecule has 1 aliphatic carbocycles. The first kappa shape index (κ1) is 17.2. The fraction of sp³-hybridized carbons (Fsp3) is 0.476. The fourth-order valence-electron chi connectivity index (χ4n) is 4.05. The van der Waals surface area contributed by atoms with Crippen LogP contribution >= 0.6 is 0 Å². The zero-order valence-corrected chi connectivity index (χ0v) is 15.4. The predicted molar refractivity (Wildman–Crippen MR) is 101 cm³/mol. The van der Waals surface area contributed by atoms with Crippen LogP contribution in [0, 0.1) is 6.92 Å². The van der Waals surface area contributed by atoms with Gasteiger partial charge in [0.2, 0.25) is 0 Å². The number of nitrogens with zero attached hydrogens (tertiary/aromatic N) is 2. The van der Waals surface area contributed by atoms with Crippen molar-refractivity contribution in [3.05, 3.63) is 59.0 Å². The number of nitrogens with one attached hydrogen (secondary N) is 1. The number of urea groups is 1. The van der Waals surface area contributed by atoms with E-state index in [0.717, 1.165) is 63.3 Å². The van der Waals surface area contributed by atoms with Crippen molar-refractivity contribution in [1.29, 1.82) is 0 Å². The number of piperazine rings is 1. The highest BCUT2D eigenvalue weighted by atomic mass is 16.3. The van der Waals surface area contributed by atoms with Crippen molar-refractivity contribution in [3.8, 4) is 0 Å². The summed E-state index contributed by atoms with van der Waals surface area (Å²) in [5.41, 5.74) is 3.80. The molecule has 0 spiro atoms. The van der Waals surface area contributed by atoms with E-state index in [-0.39, 0.29) is 12.1 Å². The first-order valence-electron chi connectivity index (χ1n) is 9.58. The second-order valence-corrected chi connectivity index (χ2v) is 7.45. The second-order valence-electron chi connectivity index (χ2n) is 7.45. The number of benzene rings is 1. The van der Waals surface area contributed by atoms with Crippen LogP contribution in [0.2, 0.25) is 0 Å². The third-order valence-corrected chi connectivity index (χ3v) is 5.50. The first-order chi connectivity index (χ1) is 12.7. The molecule has 1 atom stereocenters. The van der Waals surface area contributed by atoms with Crippen LogP contribution in [-0.2, 0) is 13.0 Å². The van der Waals surface area contributed by atoms with Gasteiger partial charge in [-0.25, -0.2) is 4.79 Å². The number of fused-ring (bicyclic) bond motifs is 1. The Morgan fingerprint density at radius 1 is 1.23 bits per heavy atom. The Hall–Kier alpha value is -2.27. The van der Waals surface area contributed by atoms with Crippen LogP contribution in [0.1, 0.15) is 41.3 Å². The van der Waals surface area contributed by atoms with Crippen LogP contribution in [-0.4, -0.2) is 42.0 Å². The van der Waals surface area contributed by atoms with Gasteiger partial charge in [0.15, 0.2) is 0 Å². The molecule has 1 aromatic carbocycles. The number of hydrogen-bond donors (Lipinski definition) is 1. The molecule has 26 heavy (non-hydrogen) atoms. The van der Waals surface area contributed by atoms with Gasteiger partial charge < -0.3 is 14.6 Å². The lowest BCUT2D eigenvalue weighted by Crippen LogP contribution is -2.52. The standard InChI is InChI=1S/C21H27N3O2/c1-16-4-2-5-17(14-16)15-23-9-11-24(12-10-23)21(25)22-19-6-3-7-20-18(19)8-13-26-20/h2,4-5,8,13-14,19H,3,6-7,9-12,15H2,1H3,(H,22,25). The molecular formula is C21H27N3O2. The number of carbonyl (C=O) groups excluding carboxylic acids is 1. The second kappa shape index (κ2) is 7.54. The van der Waals surface area contributed by atoms with E-state index < -0.39 is 0 Å². The SMILES string of the molecule is Cc1cccc(CN2CCN(C(=O)NC3CCCc4occc43)CC2)c1. The van der Waals surface area contributed by atoms with Crippen LogP contribution in [0.4, 0.5) is 4.79 Å². The van der Waals surface area contributed by atoms with Crippen LogP contribution < -0.4 is 5.32 Å². The lowest BCUT2D eigenvalue weighted by atomic mass is 9.93. The van der Waals surface area contributed by atoms with Crippen molar-refractivity contribution in [2.75, 3.05) is 26.2 Å². The highest BCUT2D eigenvalue weighted by Gasteiger charge is 2.27. The molecule has 2 amide bonds. The zero-order valence-electron chi connectivity index (χ0n) is 15.4. The minimum Gasteiger partial charge on any atom is -0.469 e. The largest absolute Gasteiger partial charge is 0.469 e. The maximum atomic E-state index is 12.7. The van der Waals surface area contributed by atoms with Gasteiger partial charge in [0.25, 0.3) is 0 Å². The Labute approximate surface area is 155 Å². The van der Waals surface area contributed by atoms with E-state index in [2.05, 4.69) is 41.4 Å². The molecule has 1 aliphatic heterocycles. The molecule has 4 rings (SSSR count). The summed E-state index contributed by atoms with van der Waals surface area (Å²) >= 11 is 0. The summed E-state index contributed by atoms with van der Waals surface area (Å²) in [6, 6.07) is 10.8. The average molecular weight is 353 g/mol. The fourth-order valence-corrected chi connectivity index (χ4v) is 4.05. The van der Waals surface area contributed by atoms with E-state index in [1.165, 1.54) is 11.1 Å². The van der Waals surface area contributed by atoms with E-state index in [4.69, 9.17) is 4.42 Å². The summed E-state index contributed by atoms with van der Waals surface area (Å²) in [5, 5.41) is 3.21. The summed E-state index contributed by atoms with van der Waals surface area (Å²) in [5.74, 6) is 1.03. The Balaban J connectivity index is 1.29. The number of amides is 2. The minimum absolute atomic E-state index is 0.0549. The third-order valence-electron chi connectivity index (χ3n) is 5.50. The van der Waals surface area contributed by atoms with Crippen LogP contribution in [0.5, 0.6) is 0 Å². The Morgan fingerprint density at radius 3 is 2.88 bits per heavy atom. The van der Waals surface area contributed by atoms with Gasteiger partial charge in [0.05, 0.1) is 12.3 Å². The Morgan fingerprint density at radius 2 is 2.08 bits per heavy atom. The van der Waals surface area contributed by atoms with Gasteiger partial charge in [-0.15, -0.1) is 0 Å². The smallest absolute Gasteiger partial charge is 0.317 e. The summed E-state index contributed by atoms with van der Waals surface area (Å²) in [4.78, 5) is 17.0. The number of aryl methyl sites for hydroxylation is 2. The van der Waals surface area contributed by atoms with E-state index in [0.29, 0.717) is 0 Å². The number of carbonyl (C=O) groups is 1. The molecule has 2 heterocycles. The molecule has 0 saturated carbocycles. The van der Waals surface area contributed by atoms with E-state index in [1.807, 2.05) is 11.0 Å². The molecule has 1 saturated heterocycles. The van der Waals surface area contributed by atoms with E-state index >= 15 is 0 Å². The summed E-state index contributed by atoms with van der Waals surface area (Å²) in [6.07, 6.45) is 4.77. The molecular weight excluding hydrogens is 326 g/mol. The van der Waals surface area contributed by atoms with Gasteiger partial charge in [0, 0.05) is 44.7 Å². The molecule has 2 aromatic rings. The molecule has 5 nitrogen and oxygen atoms in total. The lowest BCUT2D eigenvalue weighted by Gasteiger charge is -2.36. The molecule has 1 fully saturated rings. The quantitative estimate of drug-likeness (QED) is 0.919. The normalized spacial score (nSPS) is 20.7. The molecule has 0 bridgehead atoms. The van der Waals surface area contributed by atoms with Crippen molar-refractivity contribution in [2.45, 2.75) is 38.8 Å². The monoisotopic (exact) mass is 353 g/mol. The molecule has 1 aromatic heterocycles. The van der Waals surface area contributed by atoms with Gasteiger partial charge in [-0.3, -0.25) is 4.90 Å². The molecule has 1 N–H and O–H groups in total. The van der Waals surface area contributed by atoms with E-state index in [1.54, 1.807) is 6.26 Å². The number of rotatable bonds is 3. The van der Waals surface area contributed by atoms with E-state index in [9.17, 15) is 4.79 Å². The maximum absolute atomic E-state index is 12.7. The van der Waals surface area contributed by atoms with Crippen LogP contribution in [0.15, 0.2) is 41.0 Å². The molecule has 2 aliphatic rings. The minimum atomic E-state index is 0.0549. The van der Waals surface area contributed by atoms with Crippen molar-refractivity contribution in [3.63, 3.8) is 0 Å². The molecule has 0 radical (unpaired) electrons. The van der Waals surface area contributed by atoms with Crippen molar-refractivity contribution in [2.24, 2.45) is 0 Å². The molecule has 1 unspecified atom stereocenters. The van der Waals surface area contributed by atoms with Crippen LogP contribution in [0.3, 0.4) is 0 Å². The topological polar surface area (TPSA) is 48.7 Å². The van der Waals surface area contributed by atoms with Crippen molar-refractivity contribution >= 4 is 6.03 Å². The van der Waals surface area contributed by atoms with Gasteiger partial charge in [-0.2, -0.15) is 0 Å². The highest BCUT2D eigenvalue weighted by molar-refractivity contribution is 5.75. The van der Waals surface area contributed by atoms with Gasteiger partial charge in [0.1, 0.15) is 5.76 Å². The zero-order chi connectivity index (χ0) is 17.9.